The van der Waals surface area contributed by atoms with Crippen molar-refractivity contribution in [1.29, 1.82) is 0 Å². The van der Waals surface area contributed by atoms with Crippen molar-refractivity contribution in [2.45, 2.75) is 64.7 Å². The van der Waals surface area contributed by atoms with Crippen LogP contribution in [-0.2, 0) is 14.4 Å². The fourth-order valence-electron chi connectivity index (χ4n) is 2.83. The van der Waals surface area contributed by atoms with Crippen LogP contribution in [0.25, 0.3) is 0 Å². The number of amides is 1. The maximum Gasteiger partial charge on any atom is 0.230 e. The molecule has 0 radical (unpaired) electrons. The summed E-state index contributed by atoms with van der Waals surface area (Å²) in [5, 5.41) is 2.76. The molecule has 1 rings (SSSR count). The lowest BCUT2D eigenvalue weighted by Crippen LogP contribution is -2.26. The molecule has 0 spiro atoms. The van der Waals surface area contributed by atoms with Crippen molar-refractivity contribution in [3.63, 3.8) is 0 Å². The first-order chi connectivity index (χ1) is 10.1. The number of carbonyl (C=O) groups is 3. The van der Waals surface area contributed by atoms with Gasteiger partial charge in [-0.05, 0) is 31.1 Å². The van der Waals surface area contributed by atoms with E-state index in [-0.39, 0.29) is 29.6 Å². The van der Waals surface area contributed by atoms with Gasteiger partial charge in [-0.2, -0.15) is 0 Å². The van der Waals surface area contributed by atoms with Gasteiger partial charge in [-0.3, -0.25) is 9.59 Å². The van der Waals surface area contributed by atoms with E-state index in [1.54, 1.807) is 0 Å². The normalized spacial score (nSPS) is 16.6. The molecule has 1 fully saturated rings. The molecule has 5 heteroatoms. The van der Waals surface area contributed by atoms with Crippen LogP contribution in [-0.4, -0.2) is 29.6 Å². The minimum absolute atomic E-state index is 0.0912. The molecule has 1 N–H and O–H groups in total. The quantitative estimate of drug-likeness (QED) is 0.497. The largest absolute Gasteiger partial charge is 0.355 e. The van der Waals surface area contributed by atoms with Gasteiger partial charge in [-0.15, -0.1) is 0 Å². The highest BCUT2D eigenvalue weighted by Gasteiger charge is 2.27. The van der Waals surface area contributed by atoms with Gasteiger partial charge in [-0.1, -0.05) is 37.9 Å². The Kier molecular flexibility index (Phi) is 8.66. The fraction of sp³-hybridized carbons (Fsp3) is 0.812. The first-order valence-electron chi connectivity index (χ1n) is 7.92. The number of carbonyl (C=O) groups excluding carboxylic acids is 3. The zero-order valence-corrected chi connectivity index (χ0v) is 13.8. The molecule has 0 aliphatic heterocycles. The summed E-state index contributed by atoms with van der Waals surface area (Å²) in [6.07, 6.45) is 10.0. The van der Waals surface area contributed by atoms with E-state index in [4.69, 9.17) is 0 Å². The molecule has 1 aliphatic rings. The van der Waals surface area contributed by atoms with Gasteiger partial charge in [0.2, 0.25) is 5.91 Å². The van der Waals surface area contributed by atoms with Crippen molar-refractivity contribution >= 4 is 29.1 Å². The predicted molar refractivity (Wildman–Crippen MR) is 86.2 cm³/mol. The number of unbranched alkanes of at least 4 members (excludes halogenated alkanes) is 1. The van der Waals surface area contributed by atoms with E-state index in [9.17, 15) is 14.4 Å². The number of nitrogens with one attached hydrogen (secondary N) is 1. The van der Waals surface area contributed by atoms with Gasteiger partial charge >= 0.3 is 0 Å². The van der Waals surface area contributed by atoms with Crippen molar-refractivity contribution in [3.05, 3.63) is 0 Å². The van der Waals surface area contributed by atoms with Crippen molar-refractivity contribution in [3.8, 4) is 0 Å². The summed E-state index contributed by atoms with van der Waals surface area (Å²) < 4.78 is 0. The third-order valence-electron chi connectivity index (χ3n) is 4.17. The number of aldehydes is 1. The summed E-state index contributed by atoms with van der Waals surface area (Å²) in [7, 11) is 0. The molecular formula is C16H27NO3S. The second kappa shape index (κ2) is 9.98. The molecular weight excluding hydrogens is 286 g/mol. The van der Waals surface area contributed by atoms with Gasteiger partial charge in [0.05, 0.1) is 5.75 Å². The molecule has 0 bridgehead atoms. The smallest absolute Gasteiger partial charge is 0.230 e. The SMILES string of the molecule is CC1(CCCCNC(=O)CSC(=O)CCC=O)CCCC1. The summed E-state index contributed by atoms with van der Waals surface area (Å²) in [6.45, 7) is 3.07. The topological polar surface area (TPSA) is 63.2 Å². The molecule has 21 heavy (non-hydrogen) atoms. The number of hydrogen-bond acceptors (Lipinski definition) is 4. The average molecular weight is 313 g/mol. The fourth-order valence-corrected chi connectivity index (χ4v) is 3.49. The molecule has 0 aromatic carbocycles. The molecule has 0 saturated heterocycles. The Balaban J connectivity index is 1.98. The lowest BCUT2D eigenvalue weighted by molar-refractivity contribution is -0.119. The molecule has 0 atom stereocenters. The predicted octanol–water partition coefficient (Wildman–Crippen LogP) is 3.09. The molecule has 0 unspecified atom stereocenters. The maximum absolute atomic E-state index is 11.5. The van der Waals surface area contributed by atoms with Gasteiger partial charge in [0.25, 0.3) is 0 Å². The Labute approximate surface area is 131 Å². The van der Waals surface area contributed by atoms with Gasteiger partial charge in [0, 0.05) is 19.4 Å². The standard InChI is InChI=1S/C16H27NO3S/c1-16(8-2-3-9-16)10-4-5-11-17-14(19)13-21-15(20)7-6-12-18/h12H,2-11,13H2,1H3,(H,17,19). The average Bonchev–Trinajstić information content (AvgIpc) is 2.89. The van der Waals surface area contributed by atoms with Gasteiger partial charge in [0.1, 0.15) is 6.29 Å². The third-order valence-corrected chi connectivity index (χ3v) is 5.10. The molecule has 1 amide bonds. The van der Waals surface area contributed by atoms with E-state index < -0.39 is 0 Å². The third kappa shape index (κ3) is 8.24. The molecule has 4 nitrogen and oxygen atoms in total. The van der Waals surface area contributed by atoms with E-state index in [0.717, 1.165) is 30.9 Å². The van der Waals surface area contributed by atoms with E-state index in [1.165, 1.54) is 32.1 Å². The Morgan fingerprint density at radius 2 is 1.95 bits per heavy atom. The van der Waals surface area contributed by atoms with Gasteiger partial charge in [0.15, 0.2) is 5.12 Å². The zero-order chi connectivity index (χ0) is 15.6. The summed E-state index contributed by atoms with van der Waals surface area (Å²) in [4.78, 5) is 33.0. The first kappa shape index (κ1) is 18.2. The van der Waals surface area contributed by atoms with Crippen LogP contribution in [0.3, 0.4) is 0 Å². The highest BCUT2D eigenvalue weighted by molar-refractivity contribution is 8.14. The molecule has 1 aliphatic carbocycles. The summed E-state index contributed by atoms with van der Waals surface area (Å²) in [5.41, 5.74) is 0.533. The minimum atomic E-state index is -0.0913. The van der Waals surface area contributed by atoms with Crippen LogP contribution < -0.4 is 5.32 Å². The van der Waals surface area contributed by atoms with Crippen molar-refractivity contribution in [2.75, 3.05) is 12.3 Å². The lowest BCUT2D eigenvalue weighted by Gasteiger charge is -2.23. The van der Waals surface area contributed by atoms with Crippen molar-refractivity contribution < 1.29 is 14.4 Å². The number of rotatable bonds is 10. The van der Waals surface area contributed by atoms with Crippen LogP contribution in [0.1, 0.15) is 64.7 Å². The minimum Gasteiger partial charge on any atom is -0.355 e. The molecule has 0 heterocycles. The zero-order valence-electron chi connectivity index (χ0n) is 13.0. The lowest BCUT2D eigenvalue weighted by atomic mass is 9.83. The second-order valence-corrected chi connectivity index (χ2v) is 7.22. The monoisotopic (exact) mass is 313 g/mol. The van der Waals surface area contributed by atoms with E-state index in [0.29, 0.717) is 12.0 Å². The van der Waals surface area contributed by atoms with E-state index in [2.05, 4.69) is 12.2 Å². The van der Waals surface area contributed by atoms with Gasteiger partial charge in [-0.25, -0.2) is 0 Å². The number of thioether (sulfide) groups is 1. The Morgan fingerprint density at radius 1 is 1.24 bits per heavy atom. The number of hydrogen-bond donors (Lipinski definition) is 1. The highest BCUT2D eigenvalue weighted by Crippen LogP contribution is 2.41. The first-order valence-corrected chi connectivity index (χ1v) is 8.90. The van der Waals surface area contributed by atoms with Crippen LogP contribution >= 0.6 is 11.8 Å². The van der Waals surface area contributed by atoms with Crippen molar-refractivity contribution in [2.24, 2.45) is 5.41 Å². The molecule has 1 saturated carbocycles. The van der Waals surface area contributed by atoms with E-state index in [1.807, 2.05) is 0 Å². The van der Waals surface area contributed by atoms with E-state index >= 15 is 0 Å². The molecule has 0 aromatic rings. The summed E-state index contributed by atoms with van der Waals surface area (Å²) >= 11 is 0.998. The van der Waals surface area contributed by atoms with Crippen LogP contribution in [0.4, 0.5) is 0 Å². The van der Waals surface area contributed by atoms with Gasteiger partial charge < -0.3 is 10.1 Å². The van der Waals surface area contributed by atoms with Crippen molar-refractivity contribution in [1.82, 2.24) is 5.32 Å². The summed E-state index contributed by atoms with van der Waals surface area (Å²) in [6, 6.07) is 0. The highest BCUT2D eigenvalue weighted by atomic mass is 32.2. The molecule has 120 valence electrons. The maximum atomic E-state index is 11.5. The van der Waals surface area contributed by atoms with Crippen LogP contribution in [0, 0.1) is 5.41 Å². The molecule has 0 aromatic heterocycles. The van der Waals surface area contributed by atoms with Crippen LogP contribution in [0.2, 0.25) is 0 Å². The Morgan fingerprint density at radius 3 is 2.62 bits per heavy atom. The Hall–Kier alpha value is -0.840. The Bertz CT molecular complexity index is 351. The summed E-state index contributed by atoms with van der Waals surface area (Å²) in [5.74, 6) is 0.0709. The second-order valence-electron chi connectivity index (χ2n) is 6.19. The van der Waals surface area contributed by atoms with Crippen LogP contribution in [0.15, 0.2) is 0 Å². The van der Waals surface area contributed by atoms with Crippen LogP contribution in [0.5, 0.6) is 0 Å².